The number of hydrogen-bond acceptors (Lipinski definition) is 4. The lowest BCUT2D eigenvalue weighted by atomic mass is 9.68. The normalized spacial score (nSPS) is 16.2. The molecule has 42 heavy (non-hydrogen) atoms. The third-order valence-electron chi connectivity index (χ3n) is 9.20. The molecule has 0 spiro atoms. The molecule has 3 aromatic rings. The number of aromatic amines is 1. The summed E-state index contributed by atoms with van der Waals surface area (Å²) in [5, 5.41) is 3.07. The molecule has 1 aliphatic heterocycles. The van der Waals surface area contributed by atoms with Crippen LogP contribution in [0.1, 0.15) is 77.3 Å². The molecule has 7 heteroatoms. The van der Waals surface area contributed by atoms with E-state index < -0.39 is 0 Å². The van der Waals surface area contributed by atoms with Crippen molar-refractivity contribution < 1.29 is 4.79 Å². The Morgan fingerprint density at radius 3 is 2.38 bits per heavy atom. The number of rotatable bonds is 9. The Bertz CT molecular complexity index is 1440. The van der Waals surface area contributed by atoms with Crippen LogP contribution < -0.4 is 15.8 Å². The first kappa shape index (κ1) is 30.2. The zero-order chi connectivity index (χ0) is 29.6. The predicted octanol–water partition coefficient (Wildman–Crippen LogP) is 6.41. The van der Waals surface area contributed by atoms with Gasteiger partial charge in [0.05, 0.1) is 0 Å². The summed E-state index contributed by atoms with van der Waals surface area (Å²) in [7, 11) is 2.38. The minimum absolute atomic E-state index is 0.142. The summed E-state index contributed by atoms with van der Waals surface area (Å²) in [6.45, 7) is 12.4. The van der Waals surface area contributed by atoms with Gasteiger partial charge in [-0.25, -0.2) is 0 Å². The van der Waals surface area contributed by atoms with Crippen molar-refractivity contribution in [2.24, 2.45) is 0 Å². The van der Waals surface area contributed by atoms with Crippen molar-refractivity contribution in [2.45, 2.75) is 91.6 Å². The maximum absolute atomic E-state index is 13.8. The molecule has 2 aromatic carbocycles. The van der Waals surface area contributed by atoms with Gasteiger partial charge in [-0.2, -0.15) is 0 Å². The number of nitrogens with zero attached hydrogens (tertiary/aromatic N) is 2. The van der Waals surface area contributed by atoms with Crippen molar-refractivity contribution in [1.82, 2.24) is 15.2 Å². The highest BCUT2D eigenvalue weighted by Gasteiger charge is 2.25. The number of carbonyl (C=O) groups is 1. The highest BCUT2D eigenvalue weighted by atomic mass is 16.1. The van der Waals surface area contributed by atoms with E-state index >= 15 is 0 Å². The molecule has 2 N–H and O–H groups in total. The molecule has 2 aliphatic rings. The number of amides is 1. The van der Waals surface area contributed by atoms with Gasteiger partial charge < -0.3 is 20.1 Å². The van der Waals surface area contributed by atoms with Crippen LogP contribution in [-0.2, 0) is 13.1 Å². The SMILES string of the molecule is CCN(c1cc(-c2ccc(CN3CC[B]CC3)cc2)cc(C(=O)NCc2c(C)cc(C)[nH]c2=O)c1C)C1CCCCC1. The van der Waals surface area contributed by atoms with Crippen LogP contribution in [0, 0.1) is 20.8 Å². The maximum atomic E-state index is 13.8. The first-order valence-corrected chi connectivity index (χ1v) is 15.9. The highest BCUT2D eigenvalue weighted by molar-refractivity contribution is 6.35. The second kappa shape index (κ2) is 13.8. The molecule has 1 amide bonds. The van der Waals surface area contributed by atoms with E-state index in [9.17, 15) is 9.59 Å². The Labute approximate surface area is 252 Å². The van der Waals surface area contributed by atoms with E-state index in [1.165, 1.54) is 50.3 Å². The van der Waals surface area contributed by atoms with E-state index in [2.05, 4.69) is 71.6 Å². The van der Waals surface area contributed by atoms with Crippen molar-refractivity contribution in [2.75, 3.05) is 24.5 Å². The van der Waals surface area contributed by atoms with Gasteiger partial charge in [-0.15, -0.1) is 0 Å². The third-order valence-corrected chi connectivity index (χ3v) is 9.20. The number of aromatic nitrogens is 1. The molecular formula is C35H46BN4O2. The van der Waals surface area contributed by atoms with Crippen LogP contribution in [0.5, 0.6) is 0 Å². The Kier molecular flexibility index (Phi) is 9.89. The predicted molar refractivity (Wildman–Crippen MR) is 175 cm³/mol. The second-order valence-electron chi connectivity index (χ2n) is 12.2. The molecule has 2 fully saturated rings. The number of aryl methyl sites for hydroxylation is 2. The summed E-state index contributed by atoms with van der Waals surface area (Å²) in [4.78, 5) is 34.3. The van der Waals surface area contributed by atoms with Gasteiger partial charge in [0.25, 0.3) is 11.5 Å². The number of carbonyl (C=O) groups excluding carboxylic acids is 1. The van der Waals surface area contributed by atoms with Crippen LogP contribution in [0.4, 0.5) is 5.69 Å². The minimum Gasteiger partial charge on any atom is -0.369 e. The first-order chi connectivity index (χ1) is 20.3. The summed E-state index contributed by atoms with van der Waals surface area (Å²) in [6, 6.07) is 15.6. The monoisotopic (exact) mass is 565 g/mol. The third kappa shape index (κ3) is 7.00. The Morgan fingerprint density at radius 1 is 1.00 bits per heavy atom. The van der Waals surface area contributed by atoms with Gasteiger partial charge in [-0.3, -0.25) is 9.59 Å². The van der Waals surface area contributed by atoms with Gasteiger partial charge in [0.2, 0.25) is 0 Å². The lowest BCUT2D eigenvalue weighted by Gasteiger charge is -2.37. The fraction of sp³-hybridized carbons (Fsp3) is 0.486. The minimum atomic E-state index is -0.145. The van der Waals surface area contributed by atoms with Crippen molar-refractivity contribution in [3.05, 3.63) is 86.3 Å². The van der Waals surface area contributed by atoms with Gasteiger partial charge in [-0.1, -0.05) is 56.2 Å². The summed E-state index contributed by atoms with van der Waals surface area (Å²) < 4.78 is 0. The van der Waals surface area contributed by atoms with E-state index in [0.29, 0.717) is 17.2 Å². The standard InChI is InChI=1S/C35H46BN4O2/c1-5-40(30-9-7-6-8-10-30)33-21-29(28-13-11-27(12-14-28)23-39-17-15-36-16-18-39)20-31(26(33)4)34(41)37-22-32-24(2)19-25(3)38-35(32)42/h11-14,19-21,30H,5-10,15-18,22-23H2,1-4H3,(H,37,41)(H,38,42). The fourth-order valence-corrected chi connectivity index (χ4v) is 6.81. The molecule has 6 nitrogen and oxygen atoms in total. The molecule has 0 unspecified atom stereocenters. The smallest absolute Gasteiger partial charge is 0.253 e. The topological polar surface area (TPSA) is 68.4 Å². The van der Waals surface area contributed by atoms with Crippen LogP contribution >= 0.6 is 0 Å². The molecule has 221 valence electrons. The van der Waals surface area contributed by atoms with Crippen LogP contribution in [0.25, 0.3) is 11.1 Å². The van der Waals surface area contributed by atoms with Gasteiger partial charge in [0.1, 0.15) is 7.28 Å². The van der Waals surface area contributed by atoms with E-state index in [-0.39, 0.29) is 18.0 Å². The van der Waals surface area contributed by atoms with Gasteiger partial charge in [0.15, 0.2) is 0 Å². The van der Waals surface area contributed by atoms with Crippen LogP contribution in [0.15, 0.2) is 47.3 Å². The number of anilines is 1. The number of hydrogen-bond donors (Lipinski definition) is 2. The zero-order valence-electron chi connectivity index (χ0n) is 25.9. The number of H-pyrrole nitrogens is 1. The Morgan fingerprint density at radius 2 is 1.71 bits per heavy atom. The average Bonchev–Trinajstić information content (AvgIpc) is 2.99. The summed E-state index contributed by atoms with van der Waals surface area (Å²) in [5.41, 5.74) is 8.47. The van der Waals surface area contributed by atoms with Crippen molar-refractivity contribution >= 4 is 18.9 Å². The molecular weight excluding hydrogens is 519 g/mol. The lowest BCUT2D eigenvalue weighted by molar-refractivity contribution is 0.0950. The second-order valence-corrected chi connectivity index (χ2v) is 12.2. The summed E-state index contributed by atoms with van der Waals surface area (Å²) >= 11 is 0. The molecule has 1 saturated heterocycles. The molecule has 2 heterocycles. The van der Waals surface area contributed by atoms with Gasteiger partial charge in [0, 0.05) is 48.2 Å². The highest BCUT2D eigenvalue weighted by Crippen LogP contribution is 2.35. The number of pyridine rings is 1. The first-order valence-electron chi connectivity index (χ1n) is 15.9. The van der Waals surface area contributed by atoms with Crippen LogP contribution in [0.3, 0.4) is 0 Å². The molecule has 1 aromatic heterocycles. The van der Waals surface area contributed by atoms with Crippen molar-refractivity contribution in [3.63, 3.8) is 0 Å². The fourth-order valence-electron chi connectivity index (χ4n) is 6.81. The average molecular weight is 566 g/mol. The summed E-state index contributed by atoms with van der Waals surface area (Å²) in [6.07, 6.45) is 8.54. The van der Waals surface area contributed by atoms with Crippen molar-refractivity contribution in [1.29, 1.82) is 0 Å². The molecule has 0 bridgehead atoms. The molecule has 1 saturated carbocycles. The van der Waals surface area contributed by atoms with Gasteiger partial charge >= 0.3 is 0 Å². The molecule has 1 radical (unpaired) electrons. The zero-order valence-corrected chi connectivity index (χ0v) is 25.9. The van der Waals surface area contributed by atoms with Crippen LogP contribution in [-0.4, -0.2) is 48.7 Å². The van der Waals surface area contributed by atoms with E-state index in [1.807, 2.05) is 26.0 Å². The van der Waals surface area contributed by atoms with E-state index in [1.54, 1.807) is 0 Å². The maximum Gasteiger partial charge on any atom is 0.253 e. The Hall–Kier alpha value is -3.32. The molecule has 1 aliphatic carbocycles. The van der Waals surface area contributed by atoms with E-state index in [0.717, 1.165) is 59.8 Å². The number of nitrogens with one attached hydrogen (secondary N) is 2. The Balaban J connectivity index is 1.46. The van der Waals surface area contributed by atoms with Gasteiger partial charge in [-0.05, 0) is 99.6 Å². The van der Waals surface area contributed by atoms with E-state index in [4.69, 9.17) is 0 Å². The molecule has 0 atom stereocenters. The van der Waals surface area contributed by atoms with Crippen molar-refractivity contribution in [3.8, 4) is 11.1 Å². The number of benzene rings is 2. The quantitative estimate of drug-likeness (QED) is 0.294. The summed E-state index contributed by atoms with van der Waals surface area (Å²) in [5.74, 6) is -0.145. The largest absolute Gasteiger partial charge is 0.369 e. The lowest BCUT2D eigenvalue weighted by Crippen LogP contribution is -2.37. The molecule has 5 rings (SSSR count). The van der Waals surface area contributed by atoms with Crippen LogP contribution in [0.2, 0.25) is 12.6 Å².